The van der Waals surface area contributed by atoms with Crippen molar-refractivity contribution in [3.05, 3.63) is 71.1 Å². The highest BCUT2D eigenvalue weighted by atomic mass is 32.1. The summed E-state index contributed by atoms with van der Waals surface area (Å²) < 4.78 is 11.3. The zero-order chi connectivity index (χ0) is 33.2. The summed E-state index contributed by atoms with van der Waals surface area (Å²) in [5.74, 6) is -0.760. The molecule has 0 spiro atoms. The monoisotopic (exact) mass is 647 g/mol. The third kappa shape index (κ3) is 7.24. The molecule has 5 N–H and O–H groups in total. The molecule has 4 aromatic rings. The molecule has 3 heterocycles. The second kappa shape index (κ2) is 13.6. The Hall–Kier alpha value is -4.26. The number of benzene rings is 2. The van der Waals surface area contributed by atoms with Crippen molar-refractivity contribution in [1.82, 2.24) is 20.5 Å². The van der Waals surface area contributed by atoms with Crippen LogP contribution in [0.4, 0.5) is 0 Å². The zero-order valence-corrected chi connectivity index (χ0v) is 27.5. The Bertz CT molecular complexity index is 1710. The van der Waals surface area contributed by atoms with Crippen LogP contribution in [0.1, 0.15) is 62.0 Å². The van der Waals surface area contributed by atoms with E-state index in [9.17, 15) is 19.5 Å². The fourth-order valence-electron chi connectivity index (χ4n) is 5.62. The Morgan fingerprint density at radius 3 is 2.54 bits per heavy atom. The Morgan fingerprint density at radius 1 is 1.15 bits per heavy atom. The number of aryl methyl sites for hydroxylation is 1. The maximum atomic E-state index is 14.0. The predicted molar refractivity (Wildman–Crippen MR) is 176 cm³/mol. The molecular formula is C34H41N5O6S. The molecule has 1 aliphatic heterocycles. The van der Waals surface area contributed by atoms with Gasteiger partial charge in [0.25, 0.3) is 5.91 Å². The molecule has 2 aromatic heterocycles. The summed E-state index contributed by atoms with van der Waals surface area (Å²) in [7, 11) is 0. The second-order valence-electron chi connectivity index (χ2n) is 12.7. The van der Waals surface area contributed by atoms with Crippen molar-refractivity contribution in [2.24, 2.45) is 11.1 Å². The van der Waals surface area contributed by atoms with Crippen molar-refractivity contribution >= 4 is 40.0 Å². The Morgan fingerprint density at radius 2 is 1.89 bits per heavy atom. The van der Waals surface area contributed by atoms with E-state index < -0.39 is 35.4 Å². The highest BCUT2D eigenvalue weighted by Crippen LogP contribution is 2.30. The van der Waals surface area contributed by atoms with Crippen molar-refractivity contribution in [2.75, 3.05) is 19.7 Å². The van der Waals surface area contributed by atoms with E-state index in [0.29, 0.717) is 29.9 Å². The van der Waals surface area contributed by atoms with Gasteiger partial charge in [-0.05, 0) is 54.7 Å². The summed E-state index contributed by atoms with van der Waals surface area (Å²) in [5.41, 5.74) is 10.0. The number of aliphatic hydroxyl groups is 1. The molecule has 0 radical (unpaired) electrons. The van der Waals surface area contributed by atoms with Crippen LogP contribution in [0.5, 0.6) is 5.75 Å². The molecule has 46 heavy (non-hydrogen) atoms. The number of ether oxygens (including phenoxy) is 1. The SMILES string of the molecule is Cc1ncsc1-c1ccc([C@H](C)NC(=O)[C@@H]2C[C@@H](O)CN2C(=O)[C@@H](NC(=O)c2cc3cc(OCCN)ccc3o2)C(C)(C)C)cc1. The van der Waals surface area contributed by atoms with E-state index in [4.69, 9.17) is 14.9 Å². The van der Waals surface area contributed by atoms with Crippen LogP contribution in [0.15, 0.2) is 58.5 Å². The fraction of sp³-hybridized carbons (Fsp3) is 0.412. The maximum absolute atomic E-state index is 14.0. The third-order valence-electron chi connectivity index (χ3n) is 8.13. The first-order valence-corrected chi connectivity index (χ1v) is 16.2. The number of amides is 3. The molecule has 11 nitrogen and oxygen atoms in total. The van der Waals surface area contributed by atoms with Gasteiger partial charge in [-0.25, -0.2) is 4.98 Å². The maximum Gasteiger partial charge on any atom is 0.287 e. The number of aromatic nitrogens is 1. The van der Waals surface area contributed by atoms with Crippen LogP contribution in [-0.2, 0) is 9.59 Å². The third-order valence-corrected chi connectivity index (χ3v) is 9.11. The summed E-state index contributed by atoms with van der Waals surface area (Å²) >= 11 is 1.58. The van der Waals surface area contributed by atoms with Crippen LogP contribution in [0.3, 0.4) is 0 Å². The van der Waals surface area contributed by atoms with Gasteiger partial charge in [-0.2, -0.15) is 0 Å². The first-order chi connectivity index (χ1) is 21.8. The van der Waals surface area contributed by atoms with Crippen LogP contribution in [0.2, 0.25) is 0 Å². The molecule has 4 atom stereocenters. The molecule has 0 bridgehead atoms. The molecule has 244 valence electrons. The normalized spacial score (nSPS) is 17.9. The number of carbonyl (C=O) groups excluding carboxylic acids is 3. The number of hydrogen-bond acceptors (Lipinski definition) is 9. The van der Waals surface area contributed by atoms with Gasteiger partial charge in [0.1, 0.15) is 30.0 Å². The number of hydrogen-bond donors (Lipinski definition) is 4. The lowest BCUT2D eigenvalue weighted by atomic mass is 9.85. The van der Waals surface area contributed by atoms with E-state index >= 15 is 0 Å². The standard InChI is InChI=1S/C34H41N5O6S/c1-19(21-6-8-22(9-7-21)29-20(2)36-18-46-29)37-31(41)26-16-24(40)17-39(26)33(43)30(34(3,4)5)38-32(42)28-15-23-14-25(44-13-12-35)10-11-27(23)45-28/h6-11,14-15,18-19,24,26,30,40H,12-13,16-17,35H2,1-5H3,(H,37,41)(H,38,42)/t19-,24+,26-,30+/m0/s1. The van der Waals surface area contributed by atoms with Gasteiger partial charge in [0.15, 0.2) is 5.76 Å². The summed E-state index contributed by atoms with van der Waals surface area (Å²) in [5, 5.41) is 17.1. The Kier molecular flexibility index (Phi) is 9.80. The number of rotatable bonds is 10. The van der Waals surface area contributed by atoms with Crippen molar-refractivity contribution in [2.45, 2.75) is 65.3 Å². The van der Waals surface area contributed by atoms with E-state index in [1.54, 1.807) is 35.6 Å². The van der Waals surface area contributed by atoms with Crippen molar-refractivity contribution in [3.63, 3.8) is 0 Å². The van der Waals surface area contributed by atoms with Gasteiger partial charge in [0.05, 0.1) is 28.2 Å². The lowest BCUT2D eigenvalue weighted by Gasteiger charge is -2.35. The molecule has 1 fully saturated rings. The van der Waals surface area contributed by atoms with Gasteiger partial charge in [0.2, 0.25) is 11.8 Å². The molecule has 1 aliphatic rings. The molecule has 2 aromatic carbocycles. The number of likely N-dealkylation sites (tertiary alicyclic amines) is 1. The van der Waals surface area contributed by atoms with Crippen LogP contribution < -0.4 is 21.1 Å². The first kappa shape index (κ1) is 33.1. The van der Waals surface area contributed by atoms with Crippen molar-refractivity contribution in [3.8, 4) is 16.2 Å². The minimum absolute atomic E-state index is 0.0210. The molecule has 12 heteroatoms. The number of nitrogens with two attached hydrogens (primary N) is 1. The first-order valence-electron chi connectivity index (χ1n) is 15.3. The average molecular weight is 648 g/mol. The summed E-state index contributed by atoms with van der Waals surface area (Å²) in [6.07, 6.45) is -0.782. The van der Waals surface area contributed by atoms with Crippen molar-refractivity contribution in [1.29, 1.82) is 0 Å². The molecule has 3 amide bonds. The smallest absolute Gasteiger partial charge is 0.287 e. The molecule has 0 saturated carbocycles. The van der Waals surface area contributed by atoms with Gasteiger partial charge < -0.3 is 35.5 Å². The lowest BCUT2D eigenvalue weighted by Crippen LogP contribution is -2.57. The lowest BCUT2D eigenvalue weighted by molar-refractivity contribution is -0.142. The molecule has 0 aliphatic carbocycles. The quantitative estimate of drug-likeness (QED) is 0.199. The van der Waals surface area contributed by atoms with Crippen LogP contribution >= 0.6 is 11.3 Å². The molecule has 0 unspecified atom stereocenters. The molecular weight excluding hydrogens is 606 g/mol. The average Bonchev–Trinajstić information content (AvgIpc) is 3.75. The largest absolute Gasteiger partial charge is 0.492 e. The number of thiazole rings is 1. The number of furan rings is 1. The highest BCUT2D eigenvalue weighted by Gasteiger charge is 2.45. The van der Waals surface area contributed by atoms with Gasteiger partial charge in [0, 0.05) is 24.9 Å². The summed E-state index contributed by atoms with van der Waals surface area (Å²) in [4.78, 5) is 47.8. The summed E-state index contributed by atoms with van der Waals surface area (Å²) in [6.45, 7) is 10.0. The number of nitrogens with one attached hydrogen (secondary N) is 2. The fourth-order valence-corrected chi connectivity index (χ4v) is 6.43. The van der Waals surface area contributed by atoms with Crippen LogP contribution in [-0.4, -0.2) is 70.6 Å². The topological polar surface area (TPSA) is 160 Å². The van der Waals surface area contributed by atoms with Crippen LogP contribution in [0, 0.1) is 12.3 Å². The zero-order valence-electron chi connectivity index (χ0n) is 26.7. The predicted octanol–water partition coefficient (Wildman–Crippen LogP) is 4.19. The number of carbonyl (C=O) groups is 3. The van der Waals surface area contributed by atoms with Crippen molar-refractivity contribution < 1.29 is 28.6 Å². The van der Waals surface area contributed by atoms with E-state index in [1.807, 2.05) is 64.4 Å². The molecule has 1 saturated heterocycles. The number of nitrogens with zero attached hydrogens (tertiary/aromatic N) is 2. The summed E-state index contributed by atoms with van der Waals surface area (Å²) in [6, 6.07) is 12.5. The van der Waals surface area contributed by atoms with E-state index in [-0.39, 0.29) is 30.7 Å². The van der Waals surface area contributed by atoms with E-state index in [1.165, 1.54) is 4.90 Å². The van der Waals surface area contributed by atoms with Gasteiger partial charge >= 0.3 is 0 Å². The van der Waals surface area contributed by atoms with Gasteiger partial charge in [-0.3, -0.25) is 14.4 Å². The second-order valence-corrected chi connectivity index (χ2v) is 13.6. The Labute approximate surface area is 272 Å². The van der Waals surface area contributed by atoms with Gasteiger partial charge in [-0.1, -0.05) is 45.0 Å². The van der Waals surface area contributed by atoms with Crippen LogP contribution in [0.25, 0.3) is 21.4 Å². The number of β-amino-alcohol motifs (C(OH)–C–C–N with tert-alkyl or cyclic N) is 1. The van der Waals surface area contributed by atoms with E-state index in [2.05, 4.69) is 15.6 Å². The number of aliphatic hydroxyl groups excluding tert-OH is 1. The van der Waals surface area contributed by atoms with Gasteiger partial charge in [-0.15, -0.1) is 11.3 Å². The van der Waals surface area contributed by atoms with E-state index in [0.717, 1.165) is 21.7 Å². The number of fused-ring (bicyclic) bond motifs is 1. The Balaban J connectivity index is 1.28. The highest BCUT2D eigenvalue weighted by molar-refractivity contribution is 7.13. The molecule has 5 rings (SSSR count). The minimum atomic E-state index is -1.00. The minimum Gasteiger partial charge on any atom is -0.492 e.